The maximum Gasteiger partial charge on any atom is 0.226 e. The van der Waals surface area contributed by atoms with E-state index >= 15 is 0 Å². The quantitative estimate of drug-likeness (QED) is 0.696. The zero-order valence-electron chi connectivity index (χ0n) is 15.2. The topological polar surface area (TPSA) is 55.6 Å². The summed E-state index contributed by atoms with van der Waals surface area (Å²) >= 11 is 0. The number of benzene rings is 2. The molecule has 0 spiro atoms. The van der Waals surface area contributed by atoms with Crippen LogP contribution in [0.3, 0.4) is 0 Å². The van der Waals surface area contributed by atoms with Crippen molar-refractivity contribution in [2.45, 2.75) is 25.8 Å². The van der Waals surface area contributed by atoms with Gasteiger partial charge in [0.1, 0.15) is 11.5 Å². The normalized spacial score (nSPS) is 17.9. The highest BCUT2D eigenvalue weighted by Crippen LogP contribution is 2.35. The van der Waals surface area contributed by atoms with Gasteiger partial charge in [0.25, 0.3) is 0 Å². The summed E-state index contributed by atoms with van der Waals surface area (Å²) in [5.41, 5.74) is 2.99. The molecule has 2 aliphatic rings. The third-order valence-electron chi connectivity index (χ3n) is 5.75. The lowest BCUT2D eigenvalue weighted by Gasteiger charge is -2.31. The monoisotopic (exact) mass is 362 g/mol. The van der Waals surface area contributed by atoms with E-state index in [1.54, 1.807) is 0 Å². The third kappa shape index (κ3) is 2.92. The molecule has 1 amide bonds. The Morgan fingerprint density at radius 1 is 1.07 bits per heavy atom. The number of nitrogens with zero attached hydrogens (tertiary/aromatic N) is 2. The van der Waals surface area contributed by atoms with E-state index in [1.165, 1.54) is 5.39 Å². The van der Waals surface area contributed by atoms with E-state index in [2.05, 4.69) is 29.4 Å². The molecule has 5 nitrogen and oxygen atoms in total. The first kappa shape index (κ1) is 16.5. The predicted molar refractivity (Wildman–Crippen MR) is 102 cm³/mol. The summed E-state index contributed by atoms with van der Waals surface area (Å²) in [5.74, 6) is 1.24. The number of aromatic nitrogens is 1. The maximum atomic E-state index is 13.0. The van der Waals surface area contributed by atoms with Crippen LogP contribution in [-0.2, 0) is 22.5 Å². The molecule has 3 aromatic rings. The second-order valence-corrected chi connectivity index (χ2v) is 7.36. The molecule has 1 fully saturated rings. The Labute approximate surface area is 157 Å². The molecule has 138 valence electrons. The molecule has 2 aromatic carbocycles. The molecule has 27 heavy (non-hydrogen) atoms. The highest BCUT2D eigenvalue weighted by molar-refractivity contribution is 5.96. The smallest absolute Gasteiger partial charge is 0.226 e. The Morgan fingerprint density at radius 2 is 1.89 bits per heavy atom. The molecule has 0 radical (unpaired) electrons. The SMILES string of the molecule is O=C(C1CCOCC1)N1CCc2onc(-c3cccc4ccccc34)c2C1. The van der Waals surface area contributed by atoms with Gasteiger partial charge in [0.15, 0.2) is 0 Å². The summed E-state index contributed by atoms with van der Waals surface area (Å²) in [5, 5.41) is 6.73. The van der Waals surface area contributed by atoms with Gasteiger partial charge < -0.3 is 14.2 Å². The van der Waals surface area contributed by atoms with E-state index in [1.807, 2.05) is 23.1 Å². The number of hydrogen-bond acceptors (Lipinski definition) is 4. The molecule has 5 heteroatoms. The van der Waals surface area contributed by atoms with Crippen LogP contribution < -0.4 is 0 Å². The predicted octanol–water partition coefficient (Wildman–Crippen LogP) is 3.81. The molecule has 2 aliphatic heterocycles. The number of rotatable bonds is 2. The molecule has 5 rings (SSSR count). The van der Waals surface area contributed by atoms with Crippen molar-refractivity contribution >= 4 is 16.7 Å². The van der Waals surface area contributed by atoms with Crippen LogP contribution in [0.1, 0.15) is 24.2 Å². The van der Waals surface area contributed by atoms with Gasteiger partial charge in [-0.25, -0.2) is 0 Å². The van der Waals surface area contributed by atoms with Crippen LogP contribution >= 0.6 is 0 Å². The van der Waals surface area contributed by atoms with Gasteiger partial charge >= 0.3 is 0 Å². The minimum absolute atomic E-state index is 0.0844. The molecular weight excluding hydrogens is 340 g/mol. The number of hydrogen-bond donors (Lipinski definition) is 0. The largest absolute Gasteiger partial charge is 0.381 e. The van der Waals surface area contributed by atoms with Crippen LogP contribution in [0.15, 0.2) is 47.0 Å². The Kier molecular flexibility index (Phi) is 4.17. The summed E-state index contributed by atoms with van der Waals surface area (Å²) in [7, 11) is 0. The maximum absolute atomic E-state index is 13.0. The summed E-state index contributed by atoms with van der Waals surface area (Å²) in [6, 6.07) is 14.5. The van der Waals surface area contributed by atoms with Crippen molar-refractivity contribution in [2.75, 3.05) is 19.8 Å². The van der Waals surface area contributed by atoms with Gasteiger partial charge in [-0.2, -0.15) is 0 Å². The average Bonchev–Trinajstić information content (AvgIpc) is 3.16. The molecule has 1 aromatic heterocycles. The average molecular weight is 362 g/mol. The molecule has 0 bridgehead atoms. The fraction of sp³-hybridized carbons (Fsp3) is 0.364. The molecule has 0 atom stereocenters. The summed E-state index contributed by atoms with van der Waals surface area (Å²) in [6.07, 6.45) is 2.37. The highest BCUT2D eigenvalue weighted by Gasteiger charge is 2.32. The van der Waals surface area contributed by atoms with Gasteiger partial charge in [-0.15, -0.1) is 0 Å². The minimum atomic E-state index is 0.0844. The van der Waals surface area contributed by atoms with Gasteiger partial charge in [0.05, 0.1) is 6.54 Å². The van der Waals surface area contributed by atoms with Crippen LogP contribution in [0, 0.1) is 5.92 Å². The van der Waals surface area contributed by atoms with Gasteiger partial charge in [-0.05, 0) is 23.6 Å². The first-order valence-corrected chi connectivity index (χ1v) is 9.63. The number of amides is 1. The van der Waals surface area contributed by atoms with E-state index in [0.29, 0.717) is 26.3 Å². The Bertz CT molecular complexity index is 983. The van der Waals surface area contributed by atoms with Crippen molar-refractivity contribution in [1.29, 1.82) is 0 Å². The fourth-order valence-corrected chi connectivity index (χ4v) is 4.24. The van der Waals surface area contributed by atoms with Gasteiger partial charge in [0, 0.05) is 43.2 Å². The van der Waals surface area contributed by atoms with Gasteiger partial charge in [0.2, 0.25) is 5.91 Å². The number of fused-ring (bicyclic) bond motifs is 2. The van der Waals surface area contributed by atoms with Crippen molar-refractivity contribution in [3.8, 4) is 11.3 Å². The first-order chi connectivity index (χ1) is 13.3. The number of carbonyl (C=O) groups excluding carboxylic acids is 1. The Hall–Kier alpha value is -2.66. The summed E-state index contributed by atoms with van der Waals surface area (Å²) < 4.78 is 11.1. The van der Waals surface area contributed by atoms with Crippen molar-refractivity contribution in [1.82, 2.24) is 10.1 Å². The molecule has 3 heterocycles. The standard InChI is InChI=1S/C22H22N2O3/c25-22(16-9-12-26-13-10-16)24-11-8-20-19(14-24)21(23-27-20)18-7-3-5-15-4-1-2-6-17(15)18/h1-7,16H,8-14H2. The molecule has 0 N–H and O–H groups in total. The summed E-state index contributed by atoms with van der Waals surface area (Å²) in [6.45, 7) is 2.65. The van der Waals surface area contributed by atoms with Crippen LogP contribution in [0.5, 0.6) is 0 Å². The Balaban J connectivity index is 1.48. The molecule has 0 unspecified atom stereocenters. The van der Waals surface area contributed by atoms with Crippen molar-refractivity contribution in [3.63, 3.8) is 0 Å². The minimum Gasteiger partial charge on any atom is -0.381 e. The molecule has 0 saturated carbocycles. The van der Waals surface area contributed by atoms with E-state index < -0.39 is 0 Å². The van der Waals surface area contributed by atoms with Gasteiger partial charge in [-0.3, -0.25) is 4.79 Å². The zero-order chi connectivity index (χ0) is 18.2. The van der Waals surface area contributed by atoms with Crippen LogP contribution in [0.25, 0.3) is 22.0 Å². The number of carbonyl (C=O) groups is 1. The molecule has 1 saturated heterocycles. The van der Waals surface area contributed by atoms with E-state index in [4.69, 9.17) is 9.26 Å². The van der Waals surface area contributed by atoms with E-state index in [9.17, 15) is 4.79 Å². The summed E-state index contributed by atoms with van der Waals surface area (Å²) in [4.78, 5) is 14.9. The van der Waals surface area contributed by atoms with Crippen molar-refractivity contribution in [2.24, 2.45) is 5.92 Å². The first-order valence-electron chi connectivity index (χ1n) is 9.63. The van der Waals surface area contributed by atoms with Crippen molar-refractivity contribution < 1.29 is 14.1 Å². The van der Waals surface area contributed by atoms with Gasteiger partial charge in [-0.1, -0.05) is 47.6 Å². The van der Waals surface area contributed by atoms with Crippen LogP contribution in [-0.4, -0.2) is 35.7 Å². The van der Waals surface area contributed by atoms with E-state index in [0.717, 1.165) is 47.2 Å². The number of ether oxygens (including phenoxy) is 1. The van der Waals surface area contributed by atoms with E-state index in [-0.39, 0.29) is 11.8 Å². The lowest BCUT2D eigenvalue weighted by atomic mass is 9.94. The third-order valence-corrected chi connectivity index (χ3v) is 5.75. The Morgan fingerprint density at radius 3 is 2.78 bits per heavy atom. The second-order valence-electron chi connectivity index (χ2n) is 7.36. The zero-order valence-corrected chi connectivity index (χ0v) is 15.2. The lowest BCUT2D eigenvalue weighted by Crippen LogP contribution is -2.41. The molecular formula is C22H22N2O3. The van der Waals surface area contributed by atoms with Crippen LogP contribution in [0.2, 0.25) is 0 Å². The second kappa shape index (κ2) is 6.82. The lowest BCUT2D eigenvalue weighted by molar-refractivity contribution is -0.139. The van der Waals surface area contributed by atoms with Crippen molar-refractivity contribution in [3.05, 3.63) is 53.8 Å². The van der Waals surface area contributed by atoms with Crippen LogP contribution in [0.4, 0.5) is 0 Å². The highest BCUT2D eigenvalue weighted by atomic mass is 16.5. The fourth-order valence-electron chi connectivity index (χ4n) is 4.24. The molecule has 0 aliphatic carbocycles.